The Morgan fingerprint density at radius 2 is 2.18 bits per heavy atom. The zero-order chi connectivity index (χ0) is 15.5. The molecule has 0 bridgehead atoms. The molecule has 2 heterocycles. The van der Waals surface area contributed by atoms with Crippen LogP contribution in [0.5, 0.6) is 10.9 Å². The molecule has 0 unspecified atom stereocenters. The van der Waals surface area contributed by atoms with Crippen molar-refractivity contribution in [3.8, 4) is 10.9 Å². The van der Waals surface area contributed by atoms with Gasteiger partial charge in [0.05, 0.1) is 12.1 Å². The summed E-state index contributed by atoms with van der Waals surface area (Å²) in [4.78, 5) is 15.8. The number of hydrogen-bond acceptors (Lipinski definition) is 7. The molecule has 0 N–H and O–H groups in total. The molecule has 6 nitrogen and oxygen atoms in total. The first-order valence-corrected chi connectivity index (χ1v) is 7.59. The van der Waals surface area contributed by atoms with E-state index in [9.17, 15) is 4.79 Å². The molecule has 1 aromatic carbocycles. The van der Waals surface area contributed by atoms with Crippen LogP contribution in [0.2, 0.25) is 5.02 Å². The topological polar surface area (TPSA) is 74.2 Å². The second-order valence-corrected chi connectivity index (χ2v) is 5.54. The first kappa shape index (κ1) is 14.7. The SMILES string of the molecule is CCOC(=O)c1nnc(Oc2ccnc3cc(Cl)ccc23)s1. The quantitative estimate of drug-likeness (QED) is 0.677. The van der Waals surface area contributed by atoms with Crippen LogP contribution in [0.1, 0.15) is 16.7 Å². The van der Waals surface area contributed by atoms with E-state index >= 15 is 0 Å². The molecule has 0 aliphatic heterocycles. The lowest BCUT2D eigenvalue weighted by molar-refractivity contribution is 0.0525. The van der Waals surface area contributed by atoms with Gasteiger partial charge in [-0.1, -0.05) is 16.7 Å². The van der Waals surface area contributed by atoms with E-state index in [0.717, 1.165) is 16.7 Å². The average molecular weight is 336 g/mol. The lowest BCUT2D eigenvalue weighted by atomic mass is 10.2. The number of benzene rings is 1. The van der Waals surface area contributed by atoms with Crippen molar-refractivity contribution in [2.24, 2.45) is 0 Å². The monoisotopic (exact) mass is 335 g/mol. The van der Waals surface area contributed by atoms with Crippen LogP contribution < -0.4 is 4.74 Å². The lowest BCUT2D eigenvalue weighted by Crippen LogP contribution is -2.03. The number of halogens is 1. The fourth-order valence-corrected chi connectivity index (χ4v) is 2.57. The van der Waals surface area contributed by atoms with Gasteiger partial charge < -0.3 is 9.47 Å². The Balaban J connectivity index is 1.89. The summed E-state index contributed by atoms with van der Waals surface area (Å²) >= 11 is 6.97. The number of esters is 1. The number of aromatic nitrogens is 3. The zero-order valence-electron chi connectivity index (χ0n) is 11.4. The van der Waals surface area contributed by atoms with Crippen molar-refractivity contribution < 1.29 is 14.3 Å². The van der Waals surface area contributed by atoms with Crippen LogP contribution in [0.4, 0.5) is 0 Å². The van der Waals surface area contributed by atoms with E-state index in [1.165, 1.54) is 0 Å². The number of carbonyl (C=O) groups is 1. The van der Waals surface area contributed by atoms with Crippen LogP contribution in [0.3, 0.4) is 0 Å². The molecule has 2 aromatic heterocycles. The minimum Gasteiger partial charge on any atom is -0.461 e. The lowest BCUT2D eigenvalue weighted by Gasteiger charge is -2.05. The van der Waals surface area contributed by atoms with Crippen LogP contribution in [0, 0.1) is 0 Å². The van der Waals surface area contributed by atoms with Gasteiger partial charge in [-0.25, -0.2) is 4.79 Å². The normalized spacial score (nSPS) is 10.6. The third kappa shape index (κ3) is 3.00. The van der Waals surface area contributed by atoms with Crippen LogP contribution in [0.25, 0.3) is 10.9 Å². The van der Waals surface area contributed by atoms with E-state index < -0.39 is 5.97 Å². The minimum absolute atomic E-state index is 0.151. The van der Waals surface area contributed by atoms with Gasteiger partial charge in [-0.05, 0) is 42.5 Å². The molecule has 0 radical (unpaired) electrons. The Morgan fingerprint density at radius 3 is 3.00 bits per heavy atom. The molecule has 22 heavy (non-hydrogen) atoms. The van der Waals surface area contributed by atoms with Crippen molar-refractivity contribution in [3.63, 3.8) is 0 Å². The largest absolute Gasteiger partial charge is 0.461 e. The highest BCUT2D eigenvalue weighted by atomic mass is 35.5. The van der Waals surface area contributed by atoms with E-state index in [1.807, 2.05) is 6.07 Å². The maximum Gasteiger partial charge on any atom is 0.369 e. The number of ether oxygens (including phenoxy) is 2. The van der Waals surface area contributed by atoms with E-state index in [0.29, 0.717) is 16.3 Å². The fraction of sp³-hybridized carbons (Fsp3) is 0.143. The van der Waals surface area contributed by atoms with Gasteiger partial charge in [0, 0.05) is 16.6 Å². The van der Waals surface area contributed by atoms with Gasteiger partial charge in [-0.2, -0.15) is 0 Å². The first-order chi connectivity index (χ1) is 10.7. The average Bonchev–Trinajstić information content (AvgIpc) is 2.96. The molecule has 0 spiro atoms. The number of pyridine rings is 1. The van der Waals surface area contributed by atoms with Crippen LogP contribution in [-0.2, 0) is 4.74 Å². The van der Waals surface area contributed by atoms with Crippen molar-refractivity contribution in [1.29, 1.82) is 0 Å². The van der Waals surface area contributed by atoms with E-state index in [4.69, 9.17) is 21.1 Å². The van der Waals surface area contributed by atoms with Gasteiger partial charge in [0.15, 0.2) is 0 Å². The highest BCUT2D eigenvalue weighted by molar-refractivity contribution is 7.14. The number of fused-ring (bicyclic) bond motifs is 1. The summed E-state index contributed by atoms with van der Waals surface area (Å²) in [6.45, 7) is 2.01. The Kier molecular flexibility index (Phi) is 4.17. The molecule has 3 rings (SSSR count). The van der Waals surface area contributed by atoms with E-state index in [-0.39, 0.29) is 16.8 Å². The van der Waals surface area contributed by atoms with Crippen molar-refractivity contribution in [2.45, 2.75) is 6.92 Å². The molecule has 0 fully saturated rings. The second-order valence-electron chi connectivity index (χ2n) is 4.17. The molecule has 0 saturated carbocycles. The number of carbonyl (C=O) groups excluding carboxylic acids is 1. The molecule has 0 aliphatic carbocycles. The fourth-order valence-electron chi connectivity index (χ4n) is 1.80. The summed E-state index contributed by atoms with van der Waals surface area (Å²) in [6, 6.07) is 7.02. The van der Waals surface area contributed by atoms with Gasteiger partial charge in [0.2, 0.25) is 5.01 Å². The molecular weight excluding hydrogens is 326 g/mol. The van der Waals surface area contributed by atoms with Crippen molar-refractivity contribution in [3.05, 3.63) is 40.5 Å². The number of rotatable bonds is 4. The summed E-state index contributed by atoms with van der Waals surface area (Å²) in [6.07, 6.45) is 1.61. The van der Waals surface area contributed by atoms with Gasteiger partial charge in [0.1, 0.15) is 5.75 Å². The van der Waals surface area contributed by atoms with Gasteiger partial charge in [0.25, 0.3) is 5.19 Å². The summed E-state index contributed by atoms with van der Waals surface area (Å²) in [7, 11) is 0. The third-order valence-electron chi connectivity index (χ3n) is 2.72. The predicted molar refractivity (Wildman–Crippen MR) is 82.7 cm³/mol. The zero-order valence-corrected chi connectivity index (χ0v) is 13.0. The summed E-state index contributed by atoms with van der Waals surface area (Å²) < 4.78 is 10.6. The molecule has 8 heteroatoms. The Morgan fingerprint density at radius 1 is 1.32 bits per heavy atom. The first-order valence-electron chi connectivity index (χ1n) is 6.40. The Hall–Kier alpha value is -2.25. The Labute approximate surface area is 134 Å². The summed E-state index contributed by atoms with van der Waals surface area (Å²) in [5.41, 5.74) is 0.708. The third-order valence-corrected chi connectivity index (χ3v) is 3.73. The number of nitrogens with zero attached hydrogens (tertiary/aromatic N) is 3. The smallest absolute Gasteiger partial charge is 0.369 e. The van der Waals surface area contributed by atoms with Crippen molar-refractivity contribution >= 4 is 39.8 Å². The van der Waals surface area contributed by atoms with Gasteiger partial charge in [-0.15, -0.1) is 5.10 Å². The second kappa shape index (κ2) is 6.25. The highest BCUT2D eigenvalue weighted by Gasteiger charge is 2.15. The highest BCUT2D eigenvalue weighted by Crippen LogP contribution is 2.31. The van der Waals surface area contributed by atoms with E-state index in [1.54, 1.807) is 31.3 Å². The molecule has 3 aromatic rings. The maximum absolute atomic E-state index is 11.6. The molecule has 0 aliphatic rings. The van der Waals surface area contributed by atoms with Crippen LogP contribution >= 0.6 is 22.9 Å². The minimum atomic E-state index is -0.513. The Bertz CT molecular complexity index is 837. The van der Waals surface area contributed by atoms with Crippen molar-refractivity contribution in [1.82, 2.24) is 15.2 Å². The molecular formula is C14H10ClN3O3S. The van der Waals surface area contributed by atoms with E-state index in [2.05, 4.69) is 15.2 Å². The van der Waals surface area contributed by atoms with Crippen molar-refractivity contribution in [2.75, 3.05) is 6.61 Å². The molecule has 112 valence electrons. The predicted octanol–water partition coefficient (Wildman–Crippen LogP) is 3.71. The summed E-state index contributed by atoms with van der Waals surface area (Å²) in [5.74, 6) is 0.0504. The van der Waals surface area contributed by atoms with Gasteiger partial charge in [-0.3, -0.25) is 4.98 Å². The number of hydrogen-bond donors (Lipinski definition) is 0. The summed E-state index contributed by atoms with van der Waals surface area (Å²) in [5, 5.41) is 9.39. The van der Waals surface area contributed by atoms with Crippen LogP contribution in [0.15, 0.2) is 30.5 Å². The molecule has 0 saturated heterocycles. The standard InChI is InChI=1S/C14H10ClN3O3S/c1-2-20-13(19)12-17-18-14(22-12)21-11-5-6-16-10-7-8(15)3-4-9(10)11/h3-7H,2H2,1H3. The molecule has 0 atom stereocenters. The van der Waals surface area contributed by atoms with Gasteiger partial charge >= 0.3 is 5.97 Å². The maximum atomic E-state index is 11.6. The van der Waals surface area contributed by atoms with Crippen LogP contribution in [-0.4, -0.2) is 27.8 Å². The molecule has 0 amide bonds.